The molecule has 1 aromatic heterocycles. The Labute approximate surface area is 173 Å². The van der Waals surface area contributed by atoms with Crippen LogP contribution in [0.3, 0.4) is 0 Å². The molecule has 1 heterocycles. The van der Waals surface area contributed by atoms with Crippen LogP contribution >= 0.6 is 0 Å². The summed E-state index contributed by atoms with van der Waals surface area (Å²) in [7, 11) is 3.11. The number of benzene rings is 3. The summed E-state index contributed by atoms with van der Waals surface area (Å²) in [6.45, 7) is 0. The van der Waals surface area contributed by atoms with E-state index < -0.39 is 0 Å². The number of ether oxygens (including phenoxy) is 2. The lowest BCUT2D eigenvalue weighted by molar-refractivity contribution is 0.262. The molecule has 0 aliphatic carbocycles. The lowest BCUT2D eigenvalue weighted by Gasteiger charge is -2.11. The summed E-state index contributed by atoms with van der Waals surface area (Å²) in [4.78, 5) is 12.4. The first-order chi connectivity index (χ1) is 14.6. The van der Waals surface area contributed by atoms with Crippen LogP contribution in [0.15, 0.2) is 60.7 Å². The van der Waals surface area contributed by atoms with E-state index in [1.54, 1.807) is 32.4 Å². The fraction of sp³-hybridized carbons (Fsp3) is 0.0909. The van der Waals surface area contributed by atoms with E-state index in [-0.39, 0.29) is 6.03 Å². The molecule has 0 bridgehead atoms. The molecule has 0 atom stereocenters. The number of nitrogens with one attached hydrogen (secondary N) is 3. The van der Waals surface area contributed by atoms with Crippen molar-refractivity contribution in [1.29, 1.82) is 0 Å². The summed E-state index contributed by atoms with van der Waals surface area (Å²) in [5, 5.41) is 13.5. The van der Waals surface area contributed by atoms with Crippen LogP contribution in [-0.2, 0) is 0 Å². The number of aromatic nitrogens is 2. The fourth-order valence-electron chi connectivity index (χ4n) is 3.24. The number of rotatable bonds is 5. The molecule has 0 unspecified atom stereocenters. The monoisotopic (exact) mass is 403 g/mol. The summed E-state index contributed by atoms with van der Waals surface area (Å²) in [6.07, 6.45) is 0. The highest BCUT2D eigenvalue weighted by atomic mass is 16.5. The molecule has 3 aromatic carbocycles. The topological polar surface area (TPSA) is 114 Å². The van der Waals surface area contributed by atoms with Crippen molar-refractivity contribution in [2.24, 2.45) is 0 Å². The summed E-state index contributed by atoms with van der Waals surface area (Å²) in [5.41, 5.74) is 10.0. The number of anilines is 3. The zero-order valence-corrected chi connectivity index (χ0v) is 16.5. The Morgan fingerprint density at radius 1 is 0.933 bits per heavy atom. The normalized spacial score (nSPS) is 10.6. The minimum Gasteiger partial charge on any atom is -0.497 e. The van der Waals surface area contributed by atoms with Gasteiger partial charge in [0.25, 0.3) is 0 Å². The Hall–Kier alpha value is -4.20. The van der Waals surface area contributed by atoms with Crippen LogP contribution in [0.1, 0.15) is 0 Å². The van der Waals surface area contributed by atoms with Crippen molar-refractivity contribution < 1.29 is 14.3 Å². The molecule has 5 N–H and O–H groups in total. The largest absolute Gasteiger partial charge is 0.497 e. The van der Waals surface area contributed by atoms with Gasteiger partial charge in [-0.25, -0.2) is 4.79 Å². The number of aromatic amines is 1. The van der Waals surface area contributed by atoms with E-state index in [1.165, 1.54) is 0 Å². The van der Waals surface area contributed by atoms with Crippen LogP contribution in [0.2, 0.25) is 0 Å². The molecule has 0 aliphatic heterocycles. The maximum atomic E-state index is 12.4. The molecule has 0 fully saturated rings. The Morgan fingerprint density at radius 3 is 2.27 bits per heavy atom. The van der Waals surface area contributed by atoms with Gasteiger partial charge >= 0.3 is 6.03 Å². The Bertz CT molecular complexity index is 1180. The molecule has 0 spiro atoms. The van der Waals surface area contributed by atoms with Crippen molar-refractivity contribution in [3.63, 3.8) is 0 Å². The smallest absolute Gasteiger partial charge is 0.323 e. The quantitative estimate of drug-likeness (QED) is 0.392. The van der Waals surface area contributed by atoms with Gasteiger partial charge in [0.2, 0.25) is 0 Å². The van der Waals surface area contributed by atoms with Gasteiger partial charge < -0.3 is 25.8 Å². The highest BCUT2D eigenvalue weighted by Crippen LogP contribution is 2.32. The van der Waals surface area contributed by atoms with Crippen LogP contribution in [0.25, 0.3) is 22.0 Å². The molecule has 30 heavy (non-hydrogen) atoms. The second kappa shape index (κ2) is 8.04. The number of hydrogen-bond donors (Lipinski definition) is 4. The number of urea groups is 1. The second-order valence-electron chi connectivity index (χ2n) is 6.59. The summed E-state index contributed by atoms with van der Waals surface area (Å²) < 4.78 is 10.4. The van der Waals surface area contributed by atoms with Crippen molar-refractivity contribution in [2.75, 3.05) is 30.6 Å². The molecular weight excluding hydrogens is 382 g/mol. The van der Waals surface area contributed by atoms with E-state index in [9.17, 15) is 4.79 Å². The van der Waals surface area contributed by atoms with Gasteiger partial charge in [-0.15, -0.1) is 0 Å². The molecule has 4 rings (SSSR count). The molecule has 0 saturated heterocycles. The van der Waals surface area contributed by atoms with Crippen LogP contribution in [0, 0.1) is 0 Å². The van der Waals surface area contributed by atoms with Crippen LogP contribution < -0.4 is 25.8 Å². The second-order valence-corrected chi connectivity index (χ2v) is 6.59. The lowest BCUT2D eigenvalue weighted by atomic mass is 10.0. The number of H-pyrrole nitrogens is 1. The van der Waals surface area contributed by atoms with Crippen molar-refractivity contribution in [3.05, 3.63) is 60.7 Å². The van der Waals surface area contributed by atoms with Gasteiger partial charge in [0.15, 0.2) is 5.82 Å². The average Bonchev–Trinajstić information content (AvgIpc) is 3.15. The first kappa shape index (κ1) is 19.1. The molecule has 8 heteroatoms. The van der Waals surface area contributed by atoms with E-state index in [1.807, 2.05) is 42.5 Å². The van der Waals surface area contributed by atoms with E-state index in [0.717, 1.165) is 22.0 Å². The predicted octanol–water partition coefficient (Wildman–Crippen LogP) is 4.47. The molecule has 0 saturated carbocycles. The number of hydrogen-bond acceptors (Lipinski definition) is 5. The molecule has 152 valence electrons. The van der Waals surface area contributed by atoms with Crippen LogP contribution in [0.4, 0.5) is 22.0 Å². The molecule has 0 aliphatic rings. The SMILES string of the molecule is COc1cc(NC(=O)Nc2ccc(-c3cccc4[nH]nc(N)c34)cc2)cc(OC)c1. The van der Waals surface area contributed by atoms with Crippen LogP contribution in [-0.4, -0.2) is 30.4 Å². The number of nitrogens with two attached hydrogens (primary N) is 1. The highest BCUT2D eigenvalue weighted by molar-refractivity contribution is 6.02. The molecule has 0 radical (unpaired) electrons. The van der Waals surface area contributed by atoms with Gasteiger partial charge in [-0.05, 0) is 29.3 Å². The standard InChI is InChI=1S/C22H21N5O3/c1-29-16-10-15(11-17(12-16)30-2)25-22(28)24-14-8-6-13(7-9-14)18-4-3-5-19-20(18)21(23)27-26-19/h3-12H,1-2H3,(H3,23,26,27)(H2,24,25,28). The summed E-state index contributed by atoms with van der Waals surface area (Å²) in [5.74, 6) is 1.62. The maximum absolute atomic E-state index is 12.4. The van der Waals surface area contributed by atoms with Crippen molar-refractivity contribution in [1.82, 2.24) is 10.2 Å². The third kappa shape index (κ3) is 3.83. The van der Waals surface area contributed by atoms with Crippen LogP contribution in [0.5, 0.6) is 11.5 Å². The minimum atomic E-state index is -0.376. The number of carbonyl (C=O) groups is 1. The van der Waals surface area contributed by atoms with Gasteiger partial charge in [0, 0.05) is 29.6 Å². The zero-order valence-electron chi connectivity index (χ0n) is 16.5. The van der Waals surface area contributed by atoms with E-state index in [0.29, 0.717) is 28.7 Å². The van der Waals surface area contributed by atoms with Gasteiger partial charge in [-0.1, -0.05) is 24.3 Å². The molecular formula is C22H21N5O3. The first-order valence-corrected chi connectivity index (χ1v) is 9.21. The zero-order chi connectivity index (χ0) is 21.1. The lowest BCUT2D eigenvalue weighted by Crippen LogP contribution is -2.19. The number of fused-ring (bicyclic) bond motifs is 1. The predicted molar refractivity (Wildman–Crippen MR) is 118 cm³/mol. The molecule has 4 aromatic rings. The van der Waals surface area contributed by atoms with Gasteiger partial charge in [0.05, 0.1) is 25.1 Å². The van der Waals surface area contributed by atoms with Crippen molar-refractivity contribution >= 4 is 34.1 Å². The number of nitrogens with zero attached hydrogens (tertiary/aromatic N) is 1. The average molecular weight is 403 g/mol. The number of carbonyl (C=O) groups excluding carboxylic acids is 1. The highest BCUT2D eigenvalue weighted by Gasteiger charge is 2.10. The number of methoxy groups -OCH3 is 2. The summed E-state index contributed by atoms with van der Waals surface area (Å²) >= 11 is 0. The van der Waals surface area contributed by atoms with Crippen molar-refractivity contribution in [2.45, 2.75) is 0 Å². The fourth-order valence-corrected chi connectivity index (χ4v) is 3.24. The third-order valence-electron chi connectivity index (χ3n) is 4.68. The molecule has 2 amide bonds. The molecule has 8 nitrogen and oxygen atoms in total. The number of amides is 2. The summed E-state index contributed by atoms with van der Waals surface area (Å²) in [6, 6.07) is 18.1. The van der Waals surface area contributed by atoms with Gasteiger partial charge in [-0.2, -0.15) is 5.10 Å². The van der Waals surface area contributed by atoms with Gasteiger partial charge in [-0.3, -0.25) is 5.10 Å². The number of nitrogen functional groups attached to an aromatic ring is 1. The Kier molecular flexibility index (Phi) is 5.13. The first-order valence-electron chi connectivity index (χ1n) is 9.21. The minimum absolute atomic E-state index is 0.376. The Morgan fingerprint density at radius 2 is 1.60 bits per heavy atom. The maximum Gasteiger partial charge on any atom is 0.323 e. The van der Waals surface area contributed by atoms with Crippen molar-refractivity contribution in [3.8, 4) is 22.6 Å². The van der Waals surface area contributed by atoms with E-state index >= 15 is 0 Å². The Balaban J connectivity index is 1.50. The van der Waals surface area contributed by atoms with E-state index in [4.69, 9.17) is 15.2 Å². The van der Waals surface area contributed by atoms with Gasteiger partial charge in [0.1, 0.15) is 11.5 Å². The third-order valence-corrected chi connectivity index (χ3v) is 4.68. The van der Waals surface area contributed by atoms with E-state index in [2.05, 4.69) is 20.8 Å².